The second-order valence-corrected chi connectivity index (χ2v) is 9.40. The van der Waals surface area contributed by atoms with Gasteiger partial charge in [-0.25, -0.2) is 23.5 Å². The van der Waals surface area contributed by atoms with Crippen LogP contribution >= 0.6 is 15.9 Å². The van der Waals surface area contributed by atoms with E-state index in [1.54, 1.807) is 0 Å². The first-order chi connectivity index (χ1) is 15.2. The second kappa shape index (κ2) is 8.65. The van der Waals surface area contributed by atoms with E-state index >= 15 is 0 Å². The van der Waals surface area contributed by atoms with Crippen LogP contribution in [0.5, 0.6) is 0 Å². The summed E-state index contributed by atoms with van der Waals surface area (Å²) >= 11 is 3.48. The standard InChI is InChI=1S/C22H17BrN4O4S/c23-15-6-11-19-18(12-15)21(14-4-2-1-3-5-14)26-22(25-19)27(13-20(28)29)16-7-9-17(10-8-16)32(24,30)31/h1-12H,13H2,(H,28,29)(H2,24,30,31). The van der Waals surface area contributed by atoms with Gasteiger partial charge in [0, 0.05) is 21.1 Å². The smallest absolute Gasteiger partial charge is 0.323 e. The fourth-order valence-corrected chi connectivity index (χ4v) is 4.13. The predicted molar refractivity (Wildman–Crippen MR) is 125 cm³/mol. The first-order valence-electron chi connectivity index (χ1n) is 9.37. The summed E-state index contributed by atoms with van der Waals surface area (Å²) in [6.45, 7) is -0.426. The monoisotopic (exact) mass is 512 g/mol. The molecule has 1 aromatic heterocycles. The van der Waals surface area contributed by atoms with Crippen molar-refractivity contribution in [3.8, 4) is 11.3 Å². The SMILES string of the molecule is NS(=O)(=O)c1ccc(N(CC(=O)O)c2nc(-c3ccccc3)c3cc(Br)ccc3n2)cc1. The molecule has 10 heteroatoms. The maximum absolute atomic E-state index is 11.6. The lowest BCUT2D eigenvalue weighted by Crippen LogP contribution is -2.27. The number of carboxylic acid groups (broad SMARTS) is 1. The Balaban J connectivity index is 1.92. The molecule has 0 saturated carbocycles. The summed E-state index contributed by atoms with van der Waals surface area (Å²) in [6.07, 6.45) is 0. The number of hydrogen-bond donors (Lipinski definition) is 2. The average molecular weight is 513 g/mol. The van der Waals surface area contributed by atoms with Crippen LogP contribution in [0.15, 0.2) is 82.2 Å². The van der Waals surface area contributed by atoms with Crippen molar-refractivity contribution in [3.05, 3.63) is 77.3 Å². The number of rotatable bonds is 6. The molecule has 0 amide bonds. The largest absolute Gasteiger partial charge is 0.480 e. The van der Waals surface area contributed by atoms with Crippen LogP contribution in [0, 0.1) is 0 Å². The molecule has 0 atom stereocenters. The highest BCUT2D eigenvalue weighted by molar-refractivity contribution is 9.10. The van der Waals surface area contributed by atoms with Crippen LogP contribution in [-0.2, 0) is 14.8 Å². The van der Waals surface area contributed by atoms with E-state index in [1.807, 2.05) is 48.5 Å². The number of carbonyl (C=O) groups is 1. The number of nitrogens with zero attached hydrogens (tertiary/aromatic N) is 3. The quantitative estimate of drug-likeness (QED) is 0.400. The number of aliphatic carboxylic acids is 1. The number of primary sulfonamides is 1. The number of anilines is 2. The molecular formula is C22H17BrN4O4S. The minimum Gasteiger partial charge on any atom is -0.480 e. The topological polar surface area (TPSA) is 126 Å². The summed E-state index contributed by atoms with van der Waals surface area (Å²) in [5.41, 5.74) is 2.53. The van der Waals surface area contributed by atoms with Crippen LogP contribution in [0.1, 0.15) is 0 Å². The number of carboxylic acids is 1. The first kappa shape index (κ1) is 21.9. The Bertz CT molecular complexity index is 1410. The fraction of sp³-hybridized carbons (Fsp3) is 0.0455. The molecule has 0 unspecified atom stereocenters. The molecule has 0 bridgehead atoms. The third-order valence-corrected chi connectivity index (χ3v) is 6.13. The highest BCUT2D eigenvalue weighted by Crippen LogP contribution is 2.32. The molecule has 0 fully saturated rings. The molecule has 0 spiro atoms. The number of halogens is 1. The average Bonchev–Trinajstić information content (AvgIpc) is 2.77. The summed E-state index contributed by atoms with van der Waals surface area (Å²) < 4.78 is 24.0. The number of nitrogens with two attached hydrogens (primary N) is 1. The highest BCUT2D eigenvalue weighted by Gasteiger charge is 2.20. The molecule has 0 saturated heterocycles. The zero-order chi connectivity index (χ0) is 22.9. The van der Waals surface area contributed by atoms with Gasteiger partial charge in [0.05, 0.1) is 16.1 Å². The number of fused-ring (bicyclic) bond motifs is 1. The summed E-state index contributed by atoms with van der Waals surface area (Å²) in [6, 6.07) is 20.6. The van der Waals surface area contributed by atoms with Gasteiger partial charge >= 0.3 is 5.97 Å². The Morgan fingerprint density at radius 2 is 1.69 bits per heavy atom. The van der Waals surface area contributed by atoms with Crippen LogP contribution < -0.4 is 10.0 Å². The Morgan fingerprint density at radius 3 is 2.31 bits per heavy atom. The van der Waals surface area contributed by atoms with E-state index < -0.39 is 22.5 Å². The normalized spacial score (nSPS) is 11.4. The lowest BCUT2D eigenvalue weighted by molar-refractivity contribution is -0.135. The lowest BCUT2D eigenvalue weighted by atomic mass is 10.1. The molecule has 3 N–H and O–H groups in total. The fourth-order valence-electron chi connectivity index (χ4n) is 3.25. The van der Waals surface area contributed by atoms with Crippen LogP contribution in [-0.4, -0.2) is 36.0 Å². The minimum atomic E-state index is -3.88. The van der Waals surface area contributed by atoms with Gasteiger partial charge in [-0.1, -0.05) is 46.3 Å². The van der Waals surface area contributed by atoms with Gasteiger partial charge in [-0.05, 0) is 42.5 Å². The third-order valence-electron chi connectivity index (χ3n) is 4.70. The van der Waals surface area contributed by atoms with Gasteiger partial charge in [-0.2, -0.15) is 0 Å². The molecule has 1 heterocycles. The Labute approximate surface area is 192 Å². The molecule has 32 heavy (non-hydrogen) atoms. The third kappa shape index (κ3) is 4.62. The van der Waals surface area contributed by atoms with Gasteiger partial charge < -0.3 is 5.11 Å². The van der Waals surface area contributed by atoms with E-state index in [-0.39, 0.29) is 10.8 Å². The summed E-state index contributed by atoms with van der Waals surface area (Å²) in [7, 11) is -3.88. The molecule has 8 nitrogen and oxygen atoms in total. The zero-order valence-corrected chi connectivity index (χ0v) is 18.9. The van der Waals surface area contributed by atoms with E-state index in [0.29, 0.717) is 16.9 Å². The van der Waals surface area contributed by atoms with E-state index in [0.717, 1.165) is 15.4 Å². The Kier molecular flexibility index (Phi) is 5.92. The van der Waals surface area contributed by atoms with Crippen molar-refractivity contribution < 1.29 is 18.3 Å². The van der Waals surface area contributed by atoms with Crippen molar-refractivity contribution in [1.82, 2.24) is 9.97 Å². The number of benzene rings is 3. The molecule has 0 aliphatic heterocycles. The first-order valence-corrected chi connectivity index (χ1v) is 11.7. The molecule has 4 aromatic rings. The summed E-state index contributed by atoms with van der Waals surface area (Å²) in [4.78, 5) is 22.2. The number of hydrogen-bond acceptors (Lipinski definition) is 6. The summed E-state index contributed by atoms with van der Waals surface area (Å²) in [5, 5.41) is 15.5. The molecule has 0 radical (unpaired) electrons. The summed E-state index contributed by atoms with van der Waals surface area (Å²) in [5.74, 6) is -0.925. The van der Waals surface area contributed by atoms with E-state index in [1.165, 1.54) is 29.2 Å². The van der Waals surface area contributed by atoms with E-state index in [2.05, 4.69) is 20.9 Å². The van der Waals surface area contributed by atoms with Gasteiger partial charge in [-0.15, -0.1) is 0 Å². The van der Waals surface area contributed by atoms with Crippen LogP contribution in [0.2, 0.25) is 0 Å². The van der Waals surface area contributed by atoms with Gasteiger partial charge in [0.2, 0.25) is 16.0 Å². The van der Waals surface area contributed by atoms with Gasteiger partial charge in [0.15, 0.2) is 0 Å². The highest BCUT2D eigenvalue weighted by atomic mass is 79.9. The predicted octanol–water partition coefficient (Wildman–Crippen LogP) is 3.93. The Hall–Kier alpha value is -3.34. The maximum atomic E-state index is 11.6. The second-order valence-electron chi connectivity index (χ2n) is 6.92. The Morgan fingerprint density at radius 1 is 1.00 bits per heavy atom. The minimum absolute atomic E-state index is 0.0780. The molecule has 0 aliphatic carbocycles. The molecule has 0 aliphatic rings. The van der Waals surface area contributed by atoms with Crippen molar-refractivity contribution in [3.63, 3.8) is 0 Å². The van der Waals surface area contributed by atoms with Crippen molar-refractivity contribution in [2.75, 3.05) is 11.4 Å². The lowest BCUT2D eigenvalue weighted by Gasteiger charge is -2.22. The van der Waals surface area contributed by atoms with Gasteiger partial charge in [-0.3, -0.25) is 9.69 Å². The van der Waals surface area contributed by atoms with Crippen molar-refractivity contribution in [2.24, 2.45) is 5.14 Å². The van der Waals surface area contributed by atoms with Gasteiger partial charge in [0.25, 0.3) is 0 Å². The van der Waals surface area contributed by atoms with E-state index in [4.69, 9.17) is 10.1 Å². The van der Waals surface area contributed by atoms with Crippen molar-refractivity contribution in [1.29, 1.82) is 0 Å². The molecular weight excluding hydrogens is 496 g/mol. The van der Waals surface area contributed by atoms with E-state index in [9.17, 15) is 18.3 Å². The number of sulfonamides is 1. The van der Waals surface area contributed by atoms with Crippen LogP contribution in [0.25, 0.3) is 22.2 Å². The van der Waals surface area contributed by atoms with Crippen molar-refractivity contribution >= 4 is 54.5 Å². The van der Waals surface area contributed by atoms with Crippen molar-refractivity contribution in [2.45, 2.75) is 4.90 Å². The molecule has 162 valence electrons. The molecule has 3 aromatic carbocycles. The van der Waals surface area contributed by atoms with Crippen LogP contribution in [0.4, 0.5) is 11.6 Å². The molecule has 4 rings (SSSR count). The van der Waals surface area contributed by atoms with Crippen LogP contribution in [0.3, 0.4) is 0 Å². The van der Waals surface area contributed by atoms with Gasteiger partial charge in [0.1, 0.15) is 6.54 Å². The maximum Gasteiger partial charge on any atom is 0.323 e. The number of aromatic nitrogens is 2. The zero-order valence-electron chi connectivity index (χ0n) is 16.5.